The minimum Gasteiger partial charge on any atom is -0.309 e. The van der Waals surface area contributed by atoms with Crippen LogP contribution in [-0.4, -0.2) is 16.3 Å². The number of likely N-dealkylation sites (N-methyl/N-ethyl adjacent to an activating group) is 1. The van der Waals surface area contributed by atoms with Gasteiger partial charge in [-0.2, -0.15) is 5.10 Å². The molecule has 1 N–H and O–H groups in total. The fourth-order valence-corrected chi connectivity index (χ4v) is 3.24. The highest BCUT2D eigenvalue weighted by Gasteiger charge is 2.15. The molecule has 0 bridgehead atoms. The number of thiophene rings is 1. The molecular weight excluding hydrogens is 266 g/mol. The van der Waals surface area contributed by atoms with Crippen LogP contribution in [0.15, 0.2) is 24.4 Å². The topological polar surface area (TPSA) is 29.9 Å². The lowest BCUT2D eigenvalue weighted by molar-refractivity contribution is 0.467. The molecule has 0 amide bonds. The summed E-state index contributed by atoms with van der Waals surface area (Å²) < 4.78 is 2.08. The average Bonchev–Trinajstić information content (AvgIpc) is 3.06. The normalized spacial score (nSPS) is 14.4. The Morgan fingerprint density at radius 1 is 1.30 bits per heavy atom. The molecule has 20 heavy (non-hydrogen) atoms. The SMILES string of the molecule is CCNC(Cc1ccn(C(C)CC)n1)c1ccc(C)s1. The second-order valence-corrected chi connectivity index (χ2v) is 6.63. The van der Waals surface area contributed by atoms with Gasteiger partial charge in [-0.3, -0.25) is 4.68 Å². The Kier molecular flexibility index (Phi) is 5.38. The molecule has 0 aromatic carbocycles. The summed E-state index contributed by atoms with van der Waals surface area (Å²) in [5.41, 5.74) is 1.17. The Morgan fingerprint density at radius 2 is 2.10 bits per heavy atom. The van der Waals surface area contributed by atoms with Crippen molar-refractivity contribution >= 4 is 11.3 Å². The minimum absolute atomic E-state index is 0.374. The van der Waals surface area contributed by atoms with E-state index in [1.54, 1.807) is 0 Å². The van der Waals surface area contributed by atoms with E-state index in [0.717, 1.165) is 19.4 Å². The van der Waals surface area contributed by atoms with Gasteiger partial charge in [0.1, 0.15) is 0 Å². The van der Waals surface area contributed by atoms with Crippen molar-refractivity contribution in [3.8, 4) is 0 Å². The highest BCUT2D eigenvalue weighted by Crippen LogP contribution is 2.25. The highest BCUT2D eigenvalue weighted by atomic mass is 32.1. The Hall–Kier alpha value is -1.13. The number of aryl methyl sites for hydroxylation is 1. The number of hydrogen-bond donors (Lipinski definition) is 1. The van der Waals surface area contributed by atoms with Gasteiger partial charge in [0, 0.05) is 34.5 Å². The monoisotopic (exact) mass is 291 g/mol. The fourth-order valence-electron chi connectivity index (χ4n) is 2.29. The molecule has 0 aliphatic carbocycles. The lowest BCUT2D eigenvalue weighted by atomic mass is 10.1. The van der Waals surface area contributed by atoms with Crippen molar-refractivity contribution in [1.29, 1.82) is 0 Å². The van der Waals surface area contributed by atoms with Gasteiger partial charge >= 0.3 is 0 Å². The Labute approximate surface area is 126 Å². The van der Waals surface area contributed by atoms with Crippen LogP contribution in [0, 0.1) is 6.92 Å². The molecule has 3 nitrogen and oxygen atoms in total. The third-order valence-electron chi connectivity index (χ3n) is 3.67. The van der Waals surface area contributed by atoms with Crippen molar-refractivity contribution in [2.75, 3.05) is 6.54 Å². The maximum atomic E-state index is 4.72. The van der Waals surface area contributed by atoms with Crippen molar-refractivity contribution < 1.29 is 0 Å². The summed E-state index contributed by atoms with van der Waals surface area (Å²) in [6.07, 6.45) is 4.17. The van der Waals surface area contributed by atoms with Gasteiger partial charge in [-0.25, -0.2) is 0 Å². The van der Waals surface area contributed by atoms with Crippen molar-refractivity contribution in [3.63, 3.8) is 0 Å². The predicted molar refractivity (Wildman–Crippen MR) is 86.4 cm³/mol. The molecule has 2 atom stereocenters. The summed E-state index contributed by atoms with van der Waals surface area (Å²) in [6.45, 7) is 9.71. The van der Waals surface area contributed by atoms with Crippen molar-refractivity contribution in [3.05, 3.63) is 39.8 Å². The standard InChI is InChI=1S/C16H25N3S/c1-5-12(3)19-10-9-14(18-19)11-15(17-6-2)16-8-7-13(4)20-16/h7-10,12,15,17H,5-6,11H2,1-4H3. The van der Waals surface area contributed by atoms with Crippen LogP contribution in [0.25, 0.3) is 0 Å². The van der Waals surface area contributed by atoms with E-state index < -0.39 is 0 Å². The quantitative estimate of drug-likeness (QED) is 0.831. The molecule has 2 unspecified atom stereocenters. The Morgan fingerprint density at radius 3 is 2.70 bits per heavy atom. The number of aromatic nitrogens is 2. The van der Waals surface area contributed by atoms with E-state index in [4.69, 9.17) is 5.10 Å². The van der Waals surface area contributed by atoms with E-state index in [-0.39, 0.29) is 0 Å². The van der Waals surface area contributed by atoms with Gasteiger partial charge in [0.2, 0.25) is 0 Å². The number of nitrogens with one attached hydrogen (secondary N) is 1. The number of rotatable bonds is 7. The minimum atomic E-state index is 0.374. The lowest BCUT2D eigenvalue weighted by Crippen LogP contribution is -2.22. The maximum Gasteiger partial charge on any atom is 0.0644 e. The van der Waals surface area contributed by atoms with Gasteiger partial charge in [-0.05, 0) is 45.0 Å². The van der Waals surface area contributed by atoms with Gasteiger partial charge in [-0.15, -0.1) is 11.3 Å². The summed E-state index contributed by atoms with van der Waals surface area (Å²) in [5.74, 6) is 0. The van der Waals surface area contributed by atoms with E-state index in [2.05, 4.69) is 62.1 Å². The molecule has 4 heteroatoms. The molecule has 0 radical (unpaired) electrons. The molecule has 0 fully saturated rings. The molecule has 2 rings (SSSR count). The molecule has 110 valence electrons. The van der Waals surface area contributed by atoms with Crippen LogP contribution >= 0.6 is 11.3 Å². The van der Waals surface area contributed by atoms with Crippen LogP contribution in [0.2, 0.25) is 0 Å². The van der Waals surface area contributed by atoms with Crippen molar-refractivity contribution in [1.82, 2.24) is 15.1 Å². The first-order valence-electron chi connectivity index (χ1n) is 7.47. The van der Waals surface area contributed by atoms with E-state index in [1.165, 1.54) is 15.4 Å². The molecular formula is C16H25N3S. The third kappa shape index (κ3) is 3.70. The second-order valence-electron chi connectivity index (χ2n) is 5.31. The molecule has 0 saturated carbocycles. The maximum absolute atomic E-state index is 4.72. The van der Waals surface area contributed by atoms with Crippen LogP contribution in [0.4, 0.5) is 0 Å². The van der Waals surface area contributed by atoms with Crippen LogP contribution < -0.4 is 5.32 Å². The lowest BCUT2D eigenvalue weighted by Gasteiger charge is -2.15. The van der Waals surface area contributed by atoms with E-state index in [0.29, 0.717) is 12.1 Å². The van der Waals surface area contributed by atoms with E-state index in [9.17, 15) is 0 Å². The smallest absolute Gasteiger partial charge is 0.0644 e. The van der Waals surface area contributed by atoms with Gasteiger partial charge in [0.25, 0.3) is 0 Å². The number of hydrogen-bond acceptors (Lipinski definition) is 3. The zero-order valence-electron chi connectivity index (χ0n) is 12.9. The average molecular weight is 291 g/mol. The summed E-state index contributed by atoms with van der Waals surface area (Å²) in [5, 5.41) is 8.29. The van der Waals surface area contributed by atoms with Crippen molar-refractivity contribution in [2.24, 2.45) is 0 Å². The first-order valence-corrected chi connectivity index (χ1v) is 8.29. The van der Waals surface area contributed by atoms with E-state index >= 15 is 0 Å². The number of nitrogens with zero attached hydrogens (tertiary/aromatic N) is 2. The molecule has 0 saturated heterocycles. The molecule has 2 aromatic rings. The summed E-state index contributed by atoms with van der Waals surface area (Å²) in [4.78, 5) is 2.77. The van der Waals surface area contributed by atoms with E-state index in [1.807, 2.05) is 11.3 Å². The summed E-state index contributed by atoms with van der Waals surface area (Å²) in [7, 11) is 0. The molecule has 0 aliphatic heterocycles. The van der Waals surface area contributed by atoms with Gasteiger partial charge < -0.3 is 5.32 Å². The van der Waals surface area contributed by atoms with Crippen LogP contribution in [0.5, 0.6) is 0 Å². The Bertz CT molecular complexity index is 529. The molecule has 2 aromatic heterocycles. The summed E-state index contributed by atoms with van der Waals surface area (Å²) in [6, 6.07) is 7.43. The van der Waals surface area contributed by atoms with Gasteiger partial charge in [-0.1, -0.05) is 13.8 Å². The first-order chi connectivity index (χ1) is 9.63. The predicted octanol–water partition coefficient (Wildman–Crippen LogP) is 4.12. The largest absolute Gasteiger partial charge is 0.309 e. The van der Waals surface area contributed by atoms with Crippen LogP contribution in [0.3, 0.4) is 0 Å². The van der Waals surface area contributed by atoms with Crippen LogP contribution in [-0.2, 0) is 6.42 Å². The third-order valence-corrected chi connectivity index (χ3v) is 4.79. The van der Waals surface area contributed by atoms with Crippen molar-refractivity contribution in [2.45, 2.75) is 52.6 Å². The summed E-state index contributed by atoms with van der Waals surface area (Å²) >= 11 is 1.88. The molecule has 0 spiro atoms. The highest BCUT2D eigenvalue weighted by molar-refractivity contribution is 7.12. The fraction of sp³-hybridized carbons (Fsp3) is 0.562. The van der Waals surface area contributed by atoms with Crippen LogP contribution in [0.1, 0.15) is 54.7 Å². The zero-order valence-corrected chi connectivity index (χ0v) is 13.7. The molecule has 0 aliphatic rings. The zero-order chi connectivity index (χ0) is 14.5. The van der Waals surface area contributed by atoms with Gasteiger partial charge in [0.05, 0.1) is 5.69 Å². The first kappa shape index (κ1) is 15.3. The van der Waals surface area contributed by atoms with Gasteiger partial charge in [0.15, 0.2) is 0 Å². The molecule has 2 heterocycles. The Balaban J connectivity index is 2.10. The second kappa shape index (κ2) is 7.04.